The van der Waals surface area contributed by atoms with Gasteiger partial charge in [-0.3, -0.25) is 9.59 Å². The summed E-state index contributed by atoms with van der Waals surface area (Å²) >= 11 is 6.74. The third kappa shape index (κ3) is 4.01. The summed E-state index contributed by atoms with van der Waals surface area (Å²) in [5.41, 5.74) is 0.693. The van der Waals surface area contributed by atoms with Crippen molar-refractivity contribution < 1.29 is 19.8 Å². The van der Waals surface area contributed by atoms with Gasteiger partial charge in [-0.2, -0.15) is 0 Å². The van der Waals surface area contributed by atoms with E-state index in [-0.39, 0.29) is 46.4 Å². The lowest BCUT2D eigenvalue weighted by Crippen LogP contribution is -2.57. The molecule has 2 N–H and O–H groups in total. The number of aliphatic hydroxyl groups excluding tert-OH is 1. The first-order chi connectivity index (χ1) is 15.4. The van der Waals surface area contributed by atoms with Crippen molar-refractivity contribution in [2.75, 3.05) is 0 Å². The van der Waals surface area contributed by atoms with Gasteiger partial charge in [-0.05, 0) is 103 Å². The summed E-state index contributed by atoms with van der Waals surface area (Å²) < 4.78 is 0. The van der Waals surface area contributed by atoms with E-state index in [1.54, 1.807) is 0 Å². The number of aliphatic hydroxyl groups is 1. The topological polar surface area (TPSA) is 74.6 Å². The van der Waals surface area contributed by atoms with Crippen LogP contribution in [0, 0.1) is 52.3 Å². The Labute approximate surface area is 204 Å². The maximum atomic E-state index is 12.8. The maximum absolute atomic E-state index is 12.8. The molecule has 186 valence electrons. The van der Waals surface area contributed by atoms with Crippen LogP contribution in [0.3, 0.4) is 0 Å². The fourth-order valence-corrected chi connectivity index (χ4v) is 9.56. The monoisotopic (exact) mass is 478 g/mol. The van der Waals surface area contributed by atoms with Crippen molar-refractivity contribution in [3.05, 3.63) is 12.2 Å². The Kier molecular flexibility index (Phi) is 6.86. The van der Waals surface area contributed by atoms with E-state index in [1.807, 2.05) is 13.8 Å². The standard InChI is InChI=1S/C28H43ClO4/c1-15(2)16(3)24(31)14-18(26(32)33)20-9-8-19-17-6-7-22-25(29)23(30)11-13-28(22,5)21(17)10-12-27(19,20)4/h15,17-23,25,30H,3,6-14H2,1-2,4-5H3,(H,32,33)/t17?,18?,19?,20-,21?,22-,23+,25-,27+,28-/m1/s1. The lowest BCUT2D eigenvalue weighted by molar-refractivity contribution is -0.152. The first kappa shape index (κ1) is 25.2. The largest absolute Gasteiger partial charge is 0.481 e. The molecule has 10 atom stereocenters. The third-order valence-corrected chi connectivity index (χ3v) is 11.6. The van der Waals surface area contributed by atoms with Crippen LogP contribution in [-0.4, -0.2) is 33.4 Å². The number of aliphatic carboxylic acids is 1. The van der Waals surface area contributed by atoms with Crippen molar-refractivity contribution in [3.8, 4) is 0 Å². The summed E-state index contributed by atoms with van der Waals surface area (Å²) in [6, 6.07) is 0. The van der Waals surface area contributed by atoms with Crippen LogP contribution in [0.5, 0.6) is 0 Å². The molecule has 0 aromatic heterocycles. The van der Waals surface area contributed by atoms with Gasteiger partial charge in [0.2, 0.25) is 0 Å². The Hall–Kier alpha value is -0.870. The van der Waals surface area contributed by atoms with Gasteiger partial charge in [-0.15, -0.1) is 11.6 Å². The molecule has 4 rings (SSSR count). The number of rotatable bonds is 6. The van der Waals surface area contributed by atoms with E-state index in [1.165, 1.54) is 0 Å². The number of carbonyl (C=O) groups is 2. The molecule has 0 saturated heterocycles. The number of Topliss-reactive ketones (excluding diaryl/α,β-unsaturated/α-hetero) is 1. The molecule has 4 unspecified atom stereocenters. The van der Waals surface area contributed by atoms with Crippen LogP contribution in [0.2, 0.25) is 0 Å². The molecule has 4 nitrogen and oxygen atoms in total. The highest BCUT2D eigenvalue weighted by molar-refractivity contribution is 6.21. The maximum Gasteiger partial charge on any atom is 0.307 e. The van der Waals surface area contributed by atoms with Crippen molar-refractivity contribution >= 4 is 23.4 Å². The molecule has 5 heteroatoms. The molecule has 33 heavy (non-hydrogen) atoms. The van der Waals surface area contributed by atoms with E-state index in [4.69, 9.17) is 11.6 Å². The van der Waals surface area contributed by atoms with Gasteiger partial charge in [0.05, 0.1) is 17.4 Å². The molecule has 0 aliphatic heterocycles. The van der Waals surface area contributed by atoms with Crippen LogP contribution < -0.4 is 0 Å². The van der Waals surface area contributed by atoms with Crippen LogP contribution in [0.25, 0.3) is 0 Å². The molecule has 0 bridgehead atoms. The predicted octanol–water partition coefficient (Wildman–Crippen LogP) is 6.10. The van der Waals surface area contributed by atoms with Gasteiger partial charge in [0.25, 0.3) is 0 Å². The molecule has 4 saturated carbocycles. The molecule has 4 aliphatic carbocycles. The minimum atomic E-state index is -0.823. The van der Waals surface area contributed by atoms with Crippen LogP contribution in [-0.2, 0) is 9.59 Å². The minimum Gasteiger partial charge on any atom is -0.481 e. The lowest BCUT2D eigenvalue weighted by Gasteiger charge is -2.62. The fourth-order valence-electron chi connectivity index (χ4n) is 9.02. The Balaban J connectivity index is 1.56. The Morgan fingerprint density at radius 1 is 0.970 bits per heavy atom. The molecule has 0 aromatic carbocycles. The van der Waals surface area contributed by atoms with Crippen molar-refractivity contribution in [1.82, 2.24) is 0 Å². The van der Waals surface area contributed by atoms with E-state index < -0.39 is 11.9 Å². The molecule has 0 heterocycles. The zero-order chi connectivity index (χ0) is 24.3. The Morgan fingerprint density at radius 3 is 2.21 bits per heavy atom. The smallest absolute Gasteiger partial charge is 0.307 e. The highest BCUT2D eigenvalue weighted by Crippen LogP contribution is 2.68. The van der Waals surface area contributed by atoms with Gasteiger partial charge in [0.15, 0.2) is 5.78 Å². The number of alkyl halides is 1. The second-order valence-corrected chi connectivity index (χ2v) is 13.1. The molecule has 0 aromatic rings. The SMILES string of the molecule is C=C(C(=O)CC(C(=O)O)[C@H]1CCC2C3CC[C@@H]4[C@@H](Cl)[C@@H](O)CC[C@]4(C)C3CC[C@@]21C)C(C)C. The van der Waals surface area contributed by atoms with Crippen LogP contribution >= 0.6 is 11.6 Å². The van der Waals surface area contributed by atoms with E-state index in [0.29, 0.717) is 29.2 Å². The summed E-state index contributed by atoms with van der Waals surface area (Å²) in [7, 11) is 0. The number of carboxylic acid groups (broad SMARTS) is 1. The summed E-state index contributed by atoms with van der Waals surface area (Å²) in [6.07, 6.45) is 7.84. The average molecular weight is 479 g/mol. The van der Waals surface area contributed by atoms with Crippen molar-refractivity contribution in [2.45, 2.75) is 97.0 Å². The van der Waals surface area contributed by atoms with Gasteiger partial charge in [0.1, 0.15) is 0 Å². The summed E-state index contributed by atoms with van der Waals surface area (Å²) in [5, 5.41) is 20.4. The number of halogens is 1. The van der Waals surface area contributed by atoms with Crippen LogP contribution in [0.1, 0.15) is 85.5 Å². The van der Waals surface area contributed by atoms with E-state index in [0.717, 1.165) is 51.4 Å². The number of fused-ring (bicyclic) bond motifs is 5. The minimum absolute atomic E-state index is 0.0264. The van der Waals surface area contributed by atoms with E-state index in [2.05, 4.69) is 20.4 Å². The third-order valence-electron chi connectivity index (χ3n) is 11.0. The van der Waals surface area contributed by atoms with Gasteiger partial charge in [-0.25, -0.2) is 0 Å². The number of ketones is 1. The van der Waals surface area contributed by atoms with Crippen molar-refractivity contribution in [3.63, 3.8) is 0 Å². The Bertz CT molecular complexity index is 808. The van der Waals surface area contributed by atoms with Gasteiger partial charge >= 0.3 is 5.97 Å². The number of hydrogen-bond donors (Lipinski definition) is 2. The second kappa shape index (κ2) is 8.97. The molecular formula is C28H43ClO4. The van der Waals surface area contributed by atoms with Crippen molar-refractivity contribution in [1.29, 1.82) is 0 Å². The summed E-state index contributed by atoms with van der Waals surface area (Å²) in [6.45, 7) is 12.6. The molecule has 0 spiro atoms. The number of carboxylic acids is 1. The van der Waals surface area contributed by atoms with Gasteiger partial charge in [0, 0.05) is 6.42 Å². The average Bonchev–Trinajstić information content (AvgIpc) is 3.10. The molecule has 0 amide bonds. The van der Waals surface area contributed by atoms with E-state index in [9.17, 15) is 19.8 Å². The van der Waals surface area contributed by atoms with Gasteiger partial charge < -0.3 is 10.2 Å². The molecule has 4 aliphatic rings. The second-order valence-electron chi connectivity index (χ2n) is 12.6. The van der Waals surface area contributed by atoms with Gasteiger partial charge in [-0.1, -0.05) is 34.3 Å². The molecule has 4 fully saturated rings. The Morgan fingerprint density at radius 2 is 1.58 bits per heavy atom. The quantitative estimate of drug-likeness (QED) is 0.357. The van der Waals surface area contributed by atoms with Crippen LogP contribution in [0.15, 0.2) is 12.2 Å². The zero-order valence-corrected chi connectivity index (χ0v) is 21.6. The first-order valence-corrected chi connectivity index (χ1v) is 13.6. The van der Waals surface area contributed by atoms with Crippen LogP contribution in [0.4, 0.5) is 0 Å². The predicted molar refractivity (Wildman–Crippen MR) is 131 cm³/mol. The molecular weight excluding hydrogens is 436 g/mol. The first-order valence-electron chi connectivity index (χ1n) is 13.2. The lowest BCUT2D eigenvalue weighted by atomic mass is 9.44. The summed E-state index contributed by atoms with van der Waals surface area (Å²) in [4.78, 5) is 25.2. The van der Waals surface area contributed by atoms with E-state index >= 15 is 0 Å². The normalized spacial score (nSPS) is 45.6. The molecule has 0 radical (unpaired) electrons. The summed E-state index contributed by atoms with van der Waals surface area (Å²) in [5.74, 6) is 0.660. The number of allylic oxidation sites excluding steroid dienone is 1. The number of hydrogen-bond acceptors (Lipinski definition) is 3. The highest BCUT2D eigenvalue weighted by atomic mass is 35.5. The van der Waals surface area contributed by atoms with Crippen molar-refractivity contribution in [2.24, 2.45) is 52.3 Å². The number of carbonyl (C=O) groups excluding carboxylic acids is 1. The highest BCUT2D eigenvalue weighted by Gasteiger charge is 2.62. The fraction of sp³-hybridized carbons (Fsp3) is 0.857. The zero-order valence-electron chi connectivity index (χ0n) is 20.9.